The molecule has 0 spiro atoms. The SMILES string of the molecule is CCC1=CC2=C(CC=C2C)C(C)=CC1. The van der Waals surface area contributed by atoms with Gasteiger partial charge in [-0.05, 0) is 49.8 Å². The maximum atomic E-state index is 2.40. The van der Waals surface area contributed by atoms with Gasteiger partial charge in [-0.1, -0.05) is 36.3 Å². The van der Waals surface area contributed by atoms with Gasteiger partial charge in [0.25, 0.3) is 0 Å². The third kappa shape index (κ3) is 1.50. The first-order valence-corrected chi connectivity index (χ1v) is 5.49. The van der Waals surface area contributed by atoms with Gasteiger partial charge in [-0.2, -0.15) is 0 Å². The van der Waals surface area contributed by atoms with Crippen LogP contribution in [0, 0.1) is 0 Å². The molecule has 0 heteroatoms. The van der Waals surface area contributed by atoms with E-state index in [-0.39, 0.29) is 0 Å². The summed E-state index contributed by atoms with van der Waals surface area (Å²) in [5.74, 6) is 0. The van der Waals surface area contributed by atoms with E-state index in [1.807, 2.05) is 0 Å². The zero-order valence-electron chi connectivity index (χ0n) is 9.35. The molecular weight excluding hydrogens is 168 g/mol. The summed E-state index contributed by atoms with van der Waals surface area (Å²) in [6.45, 7) is 6.72. The average molecular weight is 186 g/mol. The van der Waals surface area contributed by atoms with Crippen molar-refractivity contribution in [3.8, 4) is 0 Å². The molecule has 0 nitrogen and oxygen atoms in total. The van der Waals surface area contributed by atoms with E-state index < -0.39 is 0 Å². The van der Waals surface area contributed by atoms with Crippen LogP contribution in [0.5, 0.6) is 0 Å². The number of hydrogen-bond acceptors (Lipinski definition) is 0. The summed E-state index contributed by atoms with van der Waals surface area (Å²) in [5.41, 5.74) is 7.54. The van der Waals surface area contributed by atoms with Crippen molar-refractivity contribution in [1.29, 1.82) is 0 Å². The van der Waals surface area contributed by atoms with E-state index in [0.717, 1.165) is 12.8 Å². The minimum atomic E-state index is 1.14. The Bertz CT molecular complexity index is 373. The van der Waals surface area contributed by atoms with E-state index in [0.29, 0.717) is 0 Å². The number of allylic oxidation sites excluding steroid dienone is 8. The molecule has 0 unspecified atom stereocenters. The Kier molecular flexibility index (Phi) is 2.45. The van der Waals surface area contributed by atoms with Crippen LogP contribution in [0.4, 0.5) is 0 Å². The Morgan fingerprint density at radius 3 is 2.50 bits per heavy atom. The fraction of sp³-hybridized carbons (Fsp3) is 0.429. The van der Waals surface area contributed by atoms with Crippen molar-refractivity contribution in [2.24, 2.45) is 0 Å². The molecule has 2 aliphatic carbocycles. The number of hydrogen-bond donors (Lipinski definition) is 0. The highest BCUT2D eigenvalue weighted by Gasteiger charge is 2.16. The molecule has 2 rings (SSSR count). The summed E-state index contributed by atoms with van der Waals surface area (Å²) in [6.07, 6.45) is 10.6. The van der Waals surface area contributed by atoms with Gasteiger partial charge in [0.2, 0.25) is 0 Å². The molecular formula is C14H18. The van der Waals surface area contributed by atoms with E-state index in [1.165, 1.54) is 23.1 Å². The van der Waals surface area contributed by atoms with Crippen molar-refractivity contribution in [2.75, 3.05) is 0 Å². The fourth-order valence-corrected chi connectivity index (χ4v) is 2.20. The lowest BCUT2D eigenvalue weighted by molar-refractivity contribution is 1.03. The molecule has 0 saturated carbocycles. The molecule has 0 bridgehead atoms. The van der Waals surface area contributed by atoms with Crippen LogP contribution >= 0.6 is 0 Å². The van der Waals surface area contributed by atoms with Crippen LogP contribution in [0.25, 0.3) is 0 Å². The summed E-state index contributed by atoms with van der Waals surface area (Å²) < 4.78 is 0. The van der Waals surface area contributed by atoms with Crippen LogP contribution in [0.3, 0.4) is 0 Å². The summed E-state index contributed by atoms with van der Waals surface area (Å²) in [6, 6.07) is 0. The van der Waals surface area contributed by atoms with Crippen LogP contribution in [-0.4, -0.2) is 0 Å². The second-order valence-corrected chi connectivity index (χ2v) is 4.23. The predicted octanol–water partition coefficient (Wildman–Crippen LogP) is 4.32. The van der Waals surface area contributed by atoms with Crippen molar-refractivity contribution in [3.63, 3.8) is 0 Å². The van der Waals surface area contributed by atoms with Gasteiger partial charge in [0.15, 0.2) is 0 Å². The van der Waals surface area contributed by atoms with Gasteiger partial charge < -0.3 is 0 Å². The minimum absolute atomic E-state index is 1.14. The smallest absolute Gasteiger partial charge is 0.00830 e. The molecule has 0 N–H and O–H groups in total. The number of rotatable bonds is 1. The van der Waals surface area contributed by atoms with Crippen LogP contribution in [-0.2, 0) is 0 Å². The van der Waals surface area contributed by atoms with Gasteiger partial charge in [-0.25, -0.2) is 0 Å². The predicted molar refractivity (Wildman–Crippen MR) is 62.1 cm³/mol. The maximum absolute atomic E-state index is 2.40. The van der Waals surface area contributed by atoms with Crippen molar-refractivity contribution >= 4 is 0 Å². The molecule has 0 aromatic rings. The van der Waals surface area contributed by atoms with E-state index in [4.69, 9.17) is 0 Å². The molecule has 0 aliphatic heterocycles. The molecule has 0 amide bonds. The van der Waals surface area contributed by atoms with Crippen LogP contribution in [0.1, 0.15) is 40.0 Å². The Morgan fingerprint density at radius 2 is 1.79 bits per heavy atom. The zero-order chi connectivity index (χ0) is 10.1. The normalized spacial score (nSPS) is 21.2. The van der Waals surface area contributed by atoms with Gasteiger partial charge in [-0.15, -0.1) is 0 Å². The van der Waals surface area contributed by atoms with Crippen molar-refractivity contribution < 1.29 is 0 Å². The first-order valence-electron chi connectivity index (χ1n) is 5.49. The highest BCUT2D eigenvalue weighted by atomic mass is 14.2. The second-order valence-electron chi connectivity index (χ2n) is 4.23. The summed E-state index contributed by atoms with van der Waals surface area (Å²) in [7, 11) is 0. The summed E-state index contributed by atoms with van der Waals surface area (Å²) >= 11 is 0. The largest absolute Gasteiger partial charge is 0.0772 e. The molecule has 0 fully saturated rings. The molecule has 0 heterocycles. The van der Waals surface area contributed by atoms with Crippen molar-refractivity contribution in [2.45, 2.75) is 40.0 Å². The maximum Gasteiger partial charge on any atom is -0.00830 e. The monoisotopic (exact) mass is 186 g/mol. The van der Waals surface area contributed by atoms with Crippen molar-refractivity contribution in [1.82, 2.24) is 0 Å². The average Bonchev–Trinajstić information content (AvgIpc) is 2.45. The van der Waals surface area contributed by atoms with Crippen LogP contribution in [0.15, 0.2) is 46.1 Å². The molecule has 74 valence electrons. The van der Waals surface area contributed by atoms with Crippen LogP contribution < -0.4 is 0 Å². The molecule has 14 heavy (non-hydrogen) atoms. The fourth-order valence-electron chi connectivity index (χ4n) is 2.20. The van der Waals surface area contributed by atoms with Crippen LogP contribution in [0.2, 0.25) is 0 Å². The molecule has 0 aromatic carbocycles. The standard InChI is InChI=1S/C14H18/c1-4-12-7-5-10(2)13-8-6-11(3)14(13)9-12/h5-6,9H,4,7-8H2,1-3H3. The second kappa shape index (κ2) is 3.61. The Balaban J connectivity index is 2.47. The van der Waals surface area contributed by atoms with E-state index in [1.54, 1.807) is 11.1 Å². The van der Waals surface area contributed by atoms with Gasteiger partial charge in [0.05, 0.1) is 0 Å². The summed E-state index contributed by atoms with van der Waals surface area (Å²) in [4.78, 5) is 0. The van der Waals surface area contributed by atoms with Gasteiger partial charge in [-0.3, -0.25) is 0 Å². The van der Waals surface area contributed by atoms with Gasteiger partial charge >= 0.3 is 0 Å². The third-order valence-electron chi connectivity index (χ3n) is 3.31. The van der Waals surface area contributed by atoms with E-state index in [9.17, 15) is 0 Å². The van der Waals surface area contributed by atoms with Gasteiger partial charge in [0, 0.05) is 0 Å². The zero-order valence-corrected chi connectivity index (χ0v) is 9.35. The first kappa shape index (κ1) is 9.51. The van der Waals surface area contributed by atoms with Gasteiger partial charge in [0.1, 0.15) is 0 Å². The summed E-state index contributed by atoms with van der Waals surface area (Å²) in [5, 5.41) is 0. The molecule has 0 radical (unpaired) electrons. The Morgan fingerprint density at radius 1 is 1.07 bits per heavy atom. The Labute approximate surface area is 86.7 Å². The topological polar surface area (TPSA) is 0 Å². The minimum Gasteiger partial charge on any atom is -0.0772 e. The molecule has 0 saturated heterocycles. The first-order chi connectivity index (χ1) is 6.72. The quantitative estimate of drug-likeness (QED) is 0.572. The Hall–Kier alpha value is -1.04. The van der Waals surface area contributed by atoms with E-state index in [2.05, 4.69) is 39.0 Å². The van der Waals surface area contributed by atoms with Crippen molar-refractivity contribution in [3.05, 3.63) is 46.1 Å². The lowest BCUT2D eigenvalue weighted by Gasteiger charge is -2.04. The highest BCUT2D eigenvalue weighted by Crippen LogP contribution is 2.35. The lowest BCUT2D eigenvalue weighted by atomic mass is 10.0. The lowest BCUT2D eigenvalue weighted by Crippen LogP contribution is -1.85. The third-order valence-corrected chi connectivity index (χ3v) is 3.31. The molecule has 2 aliphatic rings. The molecule has 0 atom stereocenters. The van der Waals surface area contributed by atoms with E-state index >= 15 is 0 Å². The highest BCUT2D eigenvalue weighted by molar-refractivity contribution is 5.57. The molecule has 0 aromatic heterocycles.